The van der Waals surface area contributed by atoms with Crippen molar-refractivity contribution in [3.8, 4) is 0 Å². The fourth-order valence-corrected chi connectivity index (χ4v) is 14.8. The molecule has 3 aliphatic heterocycles. The quantitative estimate of drug-likeness (QED) is 0.139. The van der Waals surface area contributed by atoms with Crippen molar-refractivity contribution in [2.45, 2.75) is 237 Å². The minimum Gasteiger partial charge on any atom is -0.458 e. The number of aryl methyl sites for hydroxylation is 2. The number of rotatable bonds is 8. The first-order valence-corrected chi connectivity index (χ1v) is 31.8. The summed E-state index contributed by atoms with van der Waals surface area (Å²) in [6.07, 6.45) is 10.2. The molecule has 16 atom stereocenters. The molecule has 452 valence electrons. The van der Waals surface area contributed by atoms with E-state index in [0.29, 0.717) is 12.8 Å². The van der Waals surface area contributed by atoms with Crippen molar-refractivity contribution in [3.63, 3.8) is 0 Å². The molecule has 5 rings (SSSR count). The van der Waals surface area contributed by atoms with Crippen LogP contribution in [0.5, 0.6) is 0 Å². The van der Waals surface area contributed by atoms with Crippen LogP contribution in [0.15, 0.2) is 33.6 Å². The Kier molecular flexibility index (Phi) is 29.3. The van der Waals surface area contributed by atoms with Gasteiger partial charge in [-0.2, -0.15) is 0 Å². The molecule has 0 spiro atoms. The van der Waals surface area contributed by atoms with Crippen LogP contribution in [0.25, 0.3) is 12.2 Å². The molecule has 0 amide bonds. The topological polar surface area (TPSA) is 176 Å². The summed E-state index contributed by atoms with van der Waals surface area (Å²) in [5.41, 5.74) is 2.34. The minimum absolute atomic E-state index is 0.00164. The summed E-state index contributed by atoms with van der Waals surface area (Å²) in [4.78, 5) is 72.6. The molecule has 3 aliphatic rings. The number of hydrogen-bond acceptors (Lipinski definition) is 16. The van der Waals surface area contributed by atoms with Gasteiger partial charge in [0.15, 0.2) is 0 Å². The number of allylic oxidation sites excluding steroid dienone is 1. The van der Waals surface area contributed by atoms with E-state index in [1.165, 1.54) is 19.4 Å². The summed E-state index contributed by atoms with van der Waals surface area (Å²) >= 11 is 3.18. The smallest absolute Gasteiger partial charge is 0.309 e. The van der Waals surface area contributed by atoms with Crippen molar-refractivity contribution >= 4 is 102 Å². The van der Waals surface area contributed by atoms with Crippen molar-refractivity contribution in [1.82, 2.24) is 9.97 Å². The van der Waals surface area contributed by atoms with E-state index in [1.54, 1.807) is 22.7 Å². The van der Waals surface area contributed by atoms with Gasteiger partial charge in [0.2, 0.25) is 0 Å². The number of ether oxygens (including phenoxy) is 3. The molecule has 2 saturated heterocycles. The molecular weight excluding hydrogens is 1130 g/mol. The molecule has 16 unspecified atom stereocenters. The van der Waals surface area contributed by atoms with Gasteiger partial charge in [-0.05, 0) is 143 Å². The average molecular weight is 1230 g/mol. The lowest BCUT2D eigenvalue weighted by molar-refractivity contribution is -0.310. The van der Waals surface area contributed by atoms with Gasteiger partial charge in [-0.15, -0.1) is 22.7 Å². The summed E-state index contributed by atoms with van der Waals surface area (Å²) in [6.45, 7) is 35.0. The monoisotopic (exact) mass is 1230 g/mol. The van der Waals surface area contributed by atoms with E-state index >= 15 is 0 Å². The van der Waals surface area contributed by atoms with E-state index in [-0.39, 0.29) is 83.2 Å². The van der Waals surface area contributed by atoms with E-state index in [4.69, 9.17) is 32.3 Å². The number of esters is 2. The van der Waals surface area contributed by atoms with Crippen LogP contribution in [0.4, 0.5) is 0 Å². The lowest BCUT2D eigenvalue weighted by Gasteiger charge is -2.60. The molecule has 0 N–H and O–H groups in total. The molecule has 2 aromatic heterocycles. The molecule has 14 nitrogen and oxygen atoms in total. The van der Waals surface area contributed by atoms with Crippen LogP contribution in [0, 0.1) is 54.3 Å². The molecular formula is C60H98N2O12P4S2. The third kappa shape index (κ3) is 20.6. The number of thiazole rings is 2. The van der Waals surface area contributed by atoms with Crippen molar-refractivity contribution in [1.29, 1.82) is 0 Å². The Balaban J connectivity index is 0.000000396. The van der Waals surface area contributed by atoms with E-state index in [2.05, 4.69) is 95.5 Å². The van der Waals surface area contributed by atoms with Gasteiger partial charge in [-0.25, -0.2) is 9.97 Å². The van der Waals surface area contributed by atoms with Gasteiger partial charge in [-0.1, -0.05) is 73.5 Å². The number of ketones is 3. The number of Topliss-reactive ketones (excluding diaryl/α,β-unsaturated/α-hetero) is 3. The molecule has 2 fully saturated rings. The maximum absolute atomic E-state index is 13.8. The maximum atomic E-state index is 13.8. The number of hydrogen-bond donors (Lipinski definition) is 0. The van der Waals surface area contributed by atoms with Crippen LogP contribution in [0.1, 0.15) is 196 Å². The Labute approximate surface area is 497 Å². The van der Waals surface area contributed by atoms with Crippen molar-refractivity contribution < 1.29 is 56.3 Å². The van der Waals surface area contributed by atoms with Gasteiger partial charge in [0.05, 0.1) is 80.7 Å². The minimum atomic E-state index is -0.931. The highest BCUT2D eigenvalue weighted by molar-refractivity contribution is 7.10. The standard InChI is InChI=1S/C30H49NO6P2S.C27H43NO5P2S.C3H6O/c1-17-11-10-12-30(9)23(29(7,8)37-30)14-22(18(2)13-21-16-40-20(4)31-21)34-25(32)15-24(35-38)28(5,6)27(33)19(3)26(17)36-39;1-16-9-8-10-17(2)25(33-35)19(4)26(30)27(6,7)23(32-34)14-24(29)31-22(12-11-16)18(3)13-21-15-36-20(5)28-21;1-3(2)4/h13,16-17,19,22-24,26H,10-12,14-15,38-39H2,1-9H3;11,13,15,17,19,22-23,25H,8-10,12,14,34-35H2,1-7H3;1-2H3/b18-13+;16-11-,18-13+;. The number of carbonyl (C=O) groups is 5. The third-order valence-corrected chi connectivity index (χ3v) is 19.4. The fourth-order valence-electron chi connectivity index (χ4n) is 11.8. The fraction of sp³-hybridized carbons (Fsp3) is 0.717. The SMILES string of the molecule is C/C(=C\c1csc(C)n1)C1CC2C(C)(C)OC2(C)CCCC(C)C(OP)C(C)C(=O)C(C)(C)C(OP)CC(=O)O1.C/C1=C/CC(/C(C)=C/c2csc(C)n2)OC(=O)CC(OP)C(C)(C)C(=O)C(C)C(OP)C(C)CCC1.CC(C)=O. The molecule has 0 saturated carbocycles. The third-order valence-electron chi connectivity index (χ3n) is 16.5. The summed E-state index contributed by atoms with van der Waals surface area (Å²) in [6, 6.07) is 0. The van der Waals surface area contributed by atoms with Gasteiger partial charge >= 0.3 is 11.9 Å². The van der Waals surface area contributed by atoms with E-state index in [0.717, 1.165) is 71.1 Å². The Morgan fingerprint density at radius 2 is 1.06 bits per heavy atom. The number of nitrogens with zero attached hydrogens (tertiary/aromatic N) is 2. The molecule has 20 heteroatoms. The van der Waals surface area contributed by atoms with Crippen LogP contribution < -0.4 is 0 Å². The first kappa shape index (κ1) is 72.2. The first-order valence-electron chi connectivity index (χ1n) is 28.1. The second-order valence-corrected chi connectivity index (χ2v) is 27.9. The zero-order valence-corrected chi connectivity index (χ0v) is 57.5. The first-order chi connectivity index (χ1) is 37.2. The highest BCUT2D eigenvalue weighted by Gasteiger charge is 2.58. The highest BCUT2D eigenvalue weighted by atomic mass is 32.1. The van der Waals surface area contributed by atoms with Crippen LogP contribution in [-0.4, -0.2) is 87.1 Å². The summed E-state index contributed by atoms with van der Waals surface area (Å²) < 4.78 is 41.5. The summed E-state index contributed by atoms with van der Waals surface area (Å²) in [5, 5.41) is 5.99. The van der Waals surface area contributed by atoms with Crippen LogP contribution in [0.3, 0.4) is 0 Å². The number of carbonyl (C=O) groups excluding carboxylic acids is 5. The second-order valence-electron chi connectivity index (χ2n) is 24.7. The second kappa shape index (κ2) is 32.5. The zero-order chi connectivity index (χ0) is 60.7. The average Bonchev–Trinajstić information content (AvgIpc) is 3.99. The van der Waals surface area contributed by atoms with Crippen LogP contribution >= 0.6 is 60.5 Å². The van der Waals surface area contributed by atoms with E-state index < -0.39 is 47.2 Å². The molecule has 0 aromatic carbocycles. The van der Waals surface area contributed by atoms with Gasteiger partial charge < -0.3 is 37.1 Å². The number of aromatic nitrogens is 2. The number of cyclic esters (lactones) is 2. The zero-order valence-electron chi connectivity index (χ0n) is 51.2. The van der Waals surface area contributed by atoms with Gasteiger partial charge in [0.1, 0.15) is 29.6 Å². The molecule has 0 aliphatic carbocycles. The van der Waals surface area contributed by atoms with Crippen LogP contribution in [-0.2, 0) is 56.3 Å². The molecule has 2 aromatic rings. The Morgan fingerprint density at radius 1 is 0.650 bits per heavy atom. The van der Waals surface area contributed by atoms with Gasteiger partial charge in [0.25, 0.3) is 0 Å². The van der Waals surface area contributed by atoms with Gasteiger partial charge in [0, 0.05) is 72.8 Å². The number of fused-ring (bicyclic) bond motifs is 1. The normalized spacial score (nSPS) is 32.2. The van der Waals surface area contributed by atoms with Crippen molar-refractivity contribution in [3.05, 3.63) is 55.0 Å². The summed E-state index contributed by atoms with van der Waals surface area (Å²) in [5.74, 6) is -0.792. The van der Waals surface area contributed by atoms with Crippen molar-refractivity contribution in [2.75, 3.05) is 0 Å². The highest BCUT2D eigenvalue weighted by Crippen LogP contribution is 2.53. The van der Waals surface area contributed by atoms with Crippen LogP contribution in [0.2, 0.25) is 0 Å². The van der Waals surface area contributed by atoms with Gasteiger partial charge in [-0.3, -0.25) is 19.2 Å². The van der Waals surface area contributed by atoms with E-state index in [9.17, 15) is 24.0 Å². The lowest BCUT2D eigenvalue weighted by atomic mass is 9.65. The predicted octanol–water partition coefficient (Wildman–Crippen LogP) is 14.6. The largest absolute Gasteiger partial charge is 0.458 e. The molecule has 0 radical (unpaired) electrons. The molecule has 0 bridgehead atoms. The predicted molar refractivity (Wildman–Crippen MR) is 337 cm³/mol. The maximum Gasteiger partial charge on any atom is 0.309 e. The summed E-state index contributed by atoms with van der Waals surface area (Å²) in [7, 11) is 9.15. The van der Waals surface area contributed by atoms with Crippen molar-refractivity contribution in [2.24, 2.45) is 40.4 Å². The molecule has 80 heavy (non-hydrogen) atoms. The molecule has 5 heterocycles. The Hall–Kier alpha value is -2.05. The lowest BCUT2D eigenvalue weighted by Crippen LogP contribution is -2.65. The Morgan fingerprint density at radius 3 is 1.45 bits per heavy atom. The Bertz CT molecular complexity index is 2470. The van der Waals surface area contributed by atoms with E-state index in [1.807, 2.05) is 92.1 Å².